The van der Waals surface area contributed by atoms with Crippen LogP contribution in [0.4, 0.5) is 13.2 Å². The second kappa shape index (κ2) is 7.72. The van der Waals surface area contributed by atoms with Crippen LogP contribution in [0.2, 0.25) is 5.02 Å². The quantitative estimate of drug-likeness (QED) is 0.849. The van der Waals surface area contributed by atoms with E-state index >= 15 is 0 Å². The Kier molecular flexibility index (Phi) is 6.53. The van der Waals surface area contributed by atoms with Gasteiger partial charge in [-0.1, -0.05) is 35.9 Å². The summed E-state index contributed by atoms with van der Waals surface area (Å²) >= 11 is 5.80. The van der Waals surface area contributed by atoms with Gasteiger partial charge in [0.2, 0.25) is 0 Å². The van der Waals surface area contributed by atoms with Crippen molar-refractivity contribution in [2.75, 3.05) is 0 Å². The van der Waals surface area contributed by atoms with Gasteiger partial charge in [-0.25, -0.2) is 0 Å². The number of rotatable bonds is 4. The maximum atomic E-state index is 12.1. The molecule has 0 amide bonds. The van der Waals surface area contributed by atoms with Crippen molar-refractivity contribution in [2.45, 2.75) is 18.8 Å². The molecule has 1 atom stereocenters. The predicted molar refractivity (Wildman–Crippen MR) is 82.5 cm³/mol. The number of nitrogens with two attached hydrogens (primary N) is 1. The Morgan fingerprint density at radius 1 is 1.00 bits per heavy atom. The van der Waals surface area contributed by atoms with Gasteiger partial charge in [0.15, 0.2) is 0 Å². The van der Waals surface area contributed by atoms with Gasteiger partial charge < -0.3 is 10.5 Å². The second-order valence-electron chi connectivity index (χ2n) is 4.55. The summed E-state index contributed by atoms with van der Waals surface area (Å²) in [6, 6.07) is 12.5. The third-order valence-electron chi connectivity index (χ3n) is 2.91. The first-order chi connectivity index (χ1) is 9.83. The molecule has 120 valence electrons. The number of ether oxygens (including phenoxy) is 1. The molecule has 22 heavy (non-hydrogen) atoms. The minimum Gasteiger partial charge on any atom is -0.406 e. The molecule has 0 radical (unpaired) electrons. The van der Waals surface area contributed by atoms with Gasteiger partial charge in [0.1, 0.15) is 5.75 Å². The Bertz CT molecular complexity index is 585. The molecule has 0 spiro atoms. The first-order valence-electron chi connectivity index (χ1n) is 6.19. The molecule has 0 aliphatic rings. The van der Waals surface area contributed by atoms with E-state index < -0.39 is 6.36 Å². The van der Waals surface area contributed by atoms with Gasteiger partial charge in [-0.05, 0) is 41.8 Å². The molecule has 0 aromatic heterocycles. The van der Waals surface area contributed by atoms with E-state index in [-0.39, 0.29) is 24.2 Å². The molecule has 0 aliphatic heterocycles. The topological polar surface area (TPSA) is 35.2 Å². The van der Waals surface area contributed by atoms with Crippen molar-refractivity contribution in [3.63, 3.8) is 0 Å². The number of hydrogen-bond donors (Lipinski definition) is 1. The van der Waals surface area contributed by atoms with Gasteiger partial charge >= 0.3 is 6.36 Å². The molecular weight excluding hydrogens is 338 g/mol. The monoisotopic (exact) mass is 351 g/mol. The van der Waals surface area contributed by atoms with E-state index in [0.717, 1.165) is 11.1 Å². The fraction of sp³-hybridized carbons (Fsp3) is 0.200. The molecule has 0 saturated carbocycles. The molecule has 7 heteroatoms. The van der Waals surface area contributed by atoms with Crippen LogP contribution in [0.25, 0.3) is 0 Å². The summed E-state index contributed by atoms with van der Waals surface area (Å²) < 4.78 is 40.0. The van der Waals surface area contributed by atoms with E-state index in [9.17, 15) is 13.2 Å². The SMILES string of the molecule is Cl.NC(Cc1ccc(Cl)cc1)c1ccc(OC(F)(F)F)cc1. The molecular formula is C15H14Cl2F3NO. The summed E-state index contributed by atoms with van der Waals surface area (Å²) in [4.78, 5) is 0. The van der Waals surface area contributed by atoms with Crippen LogP contribution < -0.4 is 10.5 Å². The highest BCUT2D eigenvalue weighted by atomic mass is 35.5. The first kappa shape index (κ1) is 18.6. The average Bonchev–Trinajstić information content (AvgIpc) is 2.40. The van der Waals surface area contributed by atoms with Gasteiger partial charge in [-0.15, -0.1) is 25.6 Å². The summed E-state index contributed by atoms with van der Waals surface area (Å²) in [5.41, 5.74) is 7.78. The van der Waals surface area contributed by atoms with Crippen LogP contribution in [0.3, 0.4) is 0 Å². The van der Waals surface area contributed by atoms with Gasteiger partial charge in [-0.3, -0.25) is 0 Å². The lowest BCUT2D eigenvalue weighted by molar-refractivity contribution is -0.274. The molecule has 1 unspecified atom stereocenters. The molecule has 2 nitrogen and oxygen atoms in total. The van der Waals surface area contributed by atoms with Crippen molar-refractivity contribution < 1.29 is 17.9 Å². The summed E-state index contributed by atoms with van der Waals surface area (Å²) in [7, 11) is 0. The largest absolute Gasteiger partial charge is 0.573 e. The van der Waals surface area contributed by atoms with Crippen molar-refractivity contribution in [1.29, 1.82) is 0 Å². The molecule has 2 aromatic carbocycles. The summed E-state index contributed by atoms with van der Waals surface area (Å²) in [5.74, 6) is -0.259. The van der Waals surface area contributed by atoms with Crippen LogP contribution in [0.15, 0.2) is 48.5 Å². The van der Waals surface area contributed by atoms with Crippen molar-refractivity contribution in [3.05, 3.63) is 64.7 Å². The lowest BCUT2D eigenvalue weighted by atomic mass is 10.00. The molecule has 0 heterocycles. The van der Waals surface area contributed by atoms with Crippen LogP contribution in [-0.2, 0) is 6.42 Å². The predicted octanol–water partition coefficient (Wildman–Crippen LogP) is 4.90. The highest BCUT2D eigenvalue weighted by Gasteiger charge is 2.31. The highest BCUT2D eigenvalue weighted by molar-refractivity contribution is 6.30. The summed E-state index contributed by atoms with van der Waals surface area (Å²) in [6.45, 7) is 0. The van der Waals surface area contributed by atoms with Crippen LogP contribution in [0.1, 0.15) is 17.2 Å². The van der Waals surface area contributed by atoms with Gasteiger partial charge in [0.25, 0.3) is 0 Å². The molecule has 2 N–H and O–H groups in total. The molecule has 2 rings (SSSR count). The Hall–Kier alpha value is -1.43. The normalized spacial score (nSPS) is 12.4. The maximum Gasteiger partial charge on any atom is 0.573 e. The second-order valence-corrected chi connectivity index (χ2v) is 4.99. The van der Waals surface area contributed by atoms with Gasteiger partial charge in [-0.2, -0.15) is 0 Å². The lowest BCUT2D eigenvalue weighted by Crippen LogP contribution is -2.17. The van der Waals surface area contributed by atoms with Crippen molar-refractivity contribution >= 4 is 24.0 Å². The van der Waals surface area contributed by atoms with E-state index in [4.69, 9.17) is 17.3 Å². The van der Waals surface area contributed by atoms with Crippen molar-refractivity contribution in [3.8, 4) is 5.75 Å². The number of hydrogen-bond acceptors (Lipinski definition) is 2. The van der Waals surface area contributed by atoms with E-state index in [1.165, 1.54) is 24.3 Å². The Balaban J connectivity index is 0.00000242. The fourth-order valence-electron chi connectivity index (χ4n) is 1.91. The third kappa shape index (κ3) is 5.75. The number of halogens is 5. The average molecular weight is 352 g/mol. The fourth-order valence-corrected chi connectivity index (χ4v) is 2.03. The number of benzene rings is 2. The number of alkyl halides is 3. The zero-order chi connectivity index (χ0) is 15.5. The van der Waals surface area contributed by atoms with Crippen LogP contribution in [-0.4, -0.2) is 6.36 Å². The standard InChI is InChI=1S/C15H13ClF3NO.ClH/c16-12-5-1-10(2-6-12)9-14(20)11-3-7-13(8-4-11)21-15(17,18)19;/h1-8,14H,9,20H2;1H. The minimum atomic E-state index is -4.69. The third-order valence-corrected chi connectivity index (χ3v) is 3.16. The van der Waals surface area contributed by atoms with Crippen LogP contribution in [0, 0.1) is 0 Å². The van der Waals surface area contributed by atoms with E-state index in [2.05, 4.69) is 4.74 Å². The van der Waals surface area contributed by atoms with E-state index in [1.807, 2.05) is 12.1 Å². The van der Waals surface area contributed by atoms with E-state index in [0.29, 0.717) is 11.4 Å². The Morgan fingerprint density at radius 2 is 1.55 bits per heavy atom. The van der Waals surface area contributed by atoms with E-state index in [1.54, 1.807) is 12.1 Å². The molecule has 0 aliphatic carbocycles. The molecule has 0 bridgehead atoms. The maximum absolute atomic E-state index is 12.1. The smallest absolute Gasteiger partial charge is 0.406 e. The zero-order valence-electron chi connectivity index (χ0n) is 11.3. The minimum absolute atomic E-state index is 0. The molecule has 0 fully saturated rings. The zero-order valence-corrected chi connectivity index (χ0v) is 12.9. The summed E-state index contributed by atoms with van der Waals surface area (Å²) in [6.07, 6.45) is -4.12. The van der Waals surface area contributed by atoms with Crippen molar-refractivity contribution in [1.82, 2.24) is 0 Å². The van der Waals surface area contributed by atoms with Gasteiger partial charge in [0, 0.05) is 11.1 Å². The lowest BCUT2D eigenvalue weighted by Gasteiger charge is -2.14. The Labute approximate surface area is 137 Å². The molecule has 0 saturated heterocycles. The highest BCUT2D eigenvalue weighted by Crippen LogP contribution is 2.25. The van der Waals surface area contributed by atoms with Crippen LogP contribution in [0.5, 0.6) is 5.75 Å². The first-order valence-corrected chi connectivity index (χ1v) is 6.57. The summed E-state index contributed by atoms with van der Waals surface area (Å²) in [5, 5.41) is 0.640. The Morgan fingerprint density at radius 3 is 2.05 bits per heavy atom. The van der Waals surface area contributed by atoms with Gasteiger partial charge in [0.05, 0.1) is 0 Å². The van der Waals surface area contributed by atoms with Crippen molar-refractivity contribution in [2.24, 2.45) is 5.73 Å². The molecule has 2 aromatic rings. The van der Waals surface area contributed by atoms with Crippen LogP contribution >= 0.6 is 24.0 Å².